The van der Waals surface area contributed by atoms with Crippen LogP contribution < -0.4 is 5.32 Å². The van der Waals surface area contributed by atoms with E-state index in [9.17, 15) is 14.7 Å². The molecule has 1 aliphatic rings. The molecule has 1 aromatic rings. The number of nitrogens with one attached hydrogen (secondary N) is 1. The van der Waals surface area contributed by atoms with Crippen LogP contribution in [0.25, 0.3) is 0 Å². The normalized spacial score (nSPS) is 26.9. The van der Waals surface area contributed by atoms with E-state index < -0.39 is 17.4 Å². The first-order chi connectivity index (χ1) is 9.07. The Morgan fingerprint density at radius 2 is 2.16 bits per heavy atom. The van der Waals surface area contributed by atoms with E-state index in [1.807, 2.05) is 0 Å². The molecule has 0 spiro atoms. The zero-order valence-corrected chi connectivity index (χ0v) is 11.0. The number of hydrogen-bond donors (Lipinski definition) is 2. The molecule has 0 radical (unpaired) electrons. The Hall–Kier alpha value is -1.78. The molecule has 1 aromatic heterocycles. The van der Waals surface area contributed by atoms with Crippen molar-refractivity contribution in [1.82, 2.24) is 5.32 Å². The zero-order chi connectivity index (χ0) is 13.9. The Balaban J connectivity index is 2.09. The summed E-state index contributed by atoms with van der Waals surface area (Å²) < 4.78 is 5.00. The smallest absolute Gasteiger partial charge is 0.329 e. The lowest BCUT2D eigenvalue weighted by Crippen LogP contribution is -2.56. The average Bonchev–Trinajstić information content (AvgIpc) is 2.93. The fourth-order valence-corrected chi connectivity index (χ4v) is 2.66. The largest absolute Gasteiger partial charge is 0.480 e. The standard InChI is InChI=1S/C14H19NO4/c1-2-10-5-7-14(8-6-10,13(17)18)15-12(16)11-4-3-9-19-11/h3-4,9-10H,2,5-8H2,1H3,(H,15,16)(H,17,18). The molecule has 2 N–H and O–H groups in total. The van der Waals surface area contributed by atoms with Crippen molar-refractivity contribution in [2.75, 3.05) is 0 Å². The molecular formula is C14H19NO4. The summed E-state index contributed by atoms with van der Waals surface area (Å²) in [4.78, 5) is 23.5. The predicted molar refractivity (Wildman–Crippen MR) is 68.8 cm³/mol. The van der Waals surface area contributed by atoms with Crippen LogP contribution in [0.2, 0.25) is 0 Å². The van der Waals surface area contributed by atoms with E-state index in [1.54, 1.807) is 6.07 Å². The molecule has 19 heavy (non-hydrogen) atoms. The maximum absolute atomic E-state index is 12.0. The molecule has 1 saturated carbocycles. The van der Waals surface area contributed by atoms with Crippen molar-refractivity contribution in [3.63, 3.8) is 0 Å². The fourth-order valence-electron chi connectivity index (χ4n) is 2.66. The van der Waals surface area contributed by atoms with Crippen molar-refractivity contribution in [3.8, 4) is 0 Å². The van der Waals surface area contributed by atoms with Gasteiger partial charge in [-0.2, -0.15) is 0 Å². The highest BCUT2D eigenvalue weighted by Crippen LogP contribution is 2.34. The van der Waals surface area contributed by atoms with Crippen LogP contribution in [0.1, 0.15) is 49.6 Å². The van der Waals surface area contributed by atoms with E-state index >= 15 is 0 Å². The minimum atomic E-state index is -1.14. The summed E-state index contributed by atoms with van der Waals surface area (Å²) in [5.74, 6) is -0.699. The van der Waals surface area contributed by atoms with E-state index in [0.717, 1.165) is 19.3 Å². The molecule has 1 heterocycles. The minimum absolute atomic E-state index is 0.151. The minimum Gasteiger partial charge on any atom is -0.480 e. The maximum Gasteiger partial charge on any atom is 0.329 e. The van der Waals surface area contributed by atoms with Crippen LogP contribution in [0, 0.1) is 5.92 Å². The van der Waals surface area contributed by atoms with Crippen LogP contribution in [0.15, 0.2) is 22.8 Å². The topological polar surface area (TPSA) is 79.5 Å². The molecule has 0 unspecified atom stereocenters. The number of hydrogen-bond acceptors (Lipinski definition) is 3. The SMILES string of the molecule is CCC1CCC(NC(=O)c2ccco2)(C(=O)O)CC1. The van der Waals surface area contributed by atoms with E-state index in [1.165, 1.54) is 12.3 Å². The van der Waals surface area contributed by atoms with Gasteiger partial charge < -0.3 is 14.8 Å². The van der Waals surface area contributed by atoms with Crippen molar-refractivity contribution in [3.05, 3.63) is 24.2 Å². The highest BCUT2D eigenvalue weighted by Gasteiger charge is 2.43. The molecule has 104 valence electrons. The van der Waals surface area contributed by atoms with Gasteiger partial charge in [0.1, 0.15) is 5.54 Å². The average molecular weight is 265 g/mol. The van der Waals surface area contributed by atoms with Crippen molar-refractivity contribution in [2.24, 2.45) is 5.92 Å². The lowest BCUT2D eigenvalue weighted by Gasteiger charge is -2.36. The van der Waals surface area contributed by atoms with E-state index in [-0.39, 0.29) is 5.76 Å². The van der Waals surface area contributed by atoms with Gasteiger partial charge in [0.15, 0.2) is 5.76 Å². The molecule has 0 saturated heterocycles. The quantitative estimate of drug-likeness (QED) is 0.876. The third kappa shape index (κ3) is 2.80. The van der Waals surface area contributed by atoms with Gasteiger partial charge in [-0.15, -0.1) is 0 Å². The lowest BCUT2D eigenvalue weighted by atomic mass is 9.75. The van der Waals surface area contributed by atoms with E-state index in [0.29, 0.717) is 18.8 Å². The predicted octanol–water partition coefficient (Wildman–Crippen LogP) is 2.43. The second-order valence-electron chi connectivity index (χ2n) is 5.17. The first-order valence-electron chi connectivity index (χ1n) is 6.67. The molecule has 0 aromatic carbocycles. The number of carboxylic acid groups (broad SMARTS) is 1. The van der Waals surface area contributed by atoms with Crippen LogP contribution in [0.3, 0.4) is 0 Å². The van der Waals surface area contributed by atoms with Gasteiger partial charge in [-0.3, -0.25) is 4.79 Å². The van der Waals surface area contributed by atoms with Crippen LogP contribution >= 0.6 is 0 Å². The van der Waals surface area contributed by atoms with Gasteiger partial charge in [-0.25, -0.2) is 4.79 Å². The van der Waals surface area contributed by atoms with Crippen LogP contribution in [0.5, 0.6) is 0 Å². The summed E-state index contributed by atoms with van der Waals surface area (Å²) in [5.41, 5.74) is -1.14. The third-order valence-electron chi connectivity index (χ3n) is 4.04. The van der Waals surface area contributed by atoms with Crippen molar-refractivity contribution in [1.29, 1.82) is 0 Å². The van der Waals surface area contributed by atoms with Crippen molar-refractivity contribution in [2.45, 2.75) is 44.6 Å². The molecule has 0 atom stereocenters. The second-order valence-corrected chi connectivity index (χ2v) is 5.17. The number of rotatable bonds is 4. The number of carbonyl (C=O) groups excluding carboxylic acids is 1. The van der Waals surface area contributed by atoms with Gasteiger partial charge in [0, 0.05) is 0 Å². The van der Waals surface area contributed by atoms with Crippen LogP contribution in [-0.4, -0.2) is 22.5 Å². The molecule has 5 nitrogen and oxygen atoms in total. The van der Waals surface area contributed by atoms with Crippen LogP contribution in [-0.2, 0) is 4.79 Å². The van der Waals surface area contributed by atoms with Gasteiger partial charge in [-0.05, 0) is 43.7 Å². The molecule has 1 aliphatic carbocycles. The monoisotopic (exact) mass is 265 g/mol. The Morgan fingerprint density at radius 3 is 2.63 bits per heavy atom. The number of amides is 1. The van der Waals surface area contributed by atoms with Crippen molar-refractivity contribution < 1.29 is 19.1 Å². The Bertz CT molecular complexity index is 444. The molecule has 1 fully saturated rings. The molecule has 5 heteroatoms. The first-order valence-corrected chi connectivity index (χ1v) is 6.67. The van der Waals surface area contributed by atoms with Gasteiger partial charge in [0.05, 0.1) is 6.26 Å². The number of carboxylic acids is 1. The summed E-state index contributed by atoms with van der Waals surface area (Å²) in [6, 6.07) is 3.14. The lowest BCUT2D eigenvalue weighted by molar-refractivity contribution is -0.146. The van der Waals surface area contributed by atoms with E-state index in [4.69, 9.17) is 4.42 Å². The Morgan fingerprint density at radius 1 is 1.47 bits per heavy atom. The summed E-state index contributed by atoms with van der Waals surface area (Å²) in [6.07, 6.45) is 5.08. The number of furan rings is 1. The summed E-state index contributed by atoms with van der Waals surface area (Å²) in [7, 11) is 0. The molecule has 0 bridgehead atoms. The zero-order valence-electron chi connectivity index (χ0n) is 11.0. The van der Waals surface area contributed by atoms with Gasteiger partial charge >= 0.3 is 5.97 Å². The van der Waals surface area contributed by atoms with Crippen LogP contribution in [0.4, 0.5) is 0 Å². The number of carbonyl (C=O) groups is 2. The summed E-state index contributed by atoms with van der Waals surface area (Å²) >= 11 is 0. The highest BCUT2D eigenvalue weighted by atomic mass is 16.4. The fraction of sp³-hybridized carbons (Fsp3) is 0.571. The van der Waals surface area contributed by atoms with Gasteiger partial charge in [-0.1, -0.05) is 13.3 Å². The maximum atomic E-state index is 12.0. The Labute approximate surface area is 112 Å². The van der Waals surface area contributed by atoms with Gasteiger partial charge in [0.2, 0.25) is 0 Å². The second kappa shape index (κ2) is 5.47. The Kier molecular flexibility index (Phi) is 3.93. The van der Waals surface area contributed by atoms with E-state index in [2.05, 4.69) is 12.2 Å². The van der Waals surface area contributed by atoms with Gasteiger partial charge in [0.25, 0.3) is 5.91 Å². The highest BCUT2D eigenvalue weighted by molar-refractivity contribution is 5.95. The molecule has 2 rings (SSSR count). The number of aliphatic carboxylic acids is 1. The third-order valence-corrected chi connectivity index (χ3v) is 4.04. The summed E-state index contributed by atoms with van der Waals surface area (Å²) in [6.45, 7) is 2.11. The summed E-state index contributed by atoms with van der Waals surface area (Å²) in [5, 5.41) is 12.1. The molecule has 1 amide bonds. The first kappa shape index (κ1) is 13.6. The van der Waals surface area contributed by atoms with Crippen molar-refractivity contribution >= 4 is 11.9 Å². The molecular weight excluding hydrogens is 246 g/mol. The molecule has 0 aliphatic heterocycles.